The number of hydrogen-bond acceptors (Lipinski definition) is 7. The molecular weight excluding hydrogens is 544 g/mol. The summed E-state index contributed by atoms with van der Waals surface area (Å²) in [6, 6.07) is 22.6. The number of rotatable bonds is 11. The number of aryl methyl sites for hydroxylation is 1. The summed E-state index contributed by atoms with van der Waals surface area (Å²) in [5.41, 5.74) is 1.40. The van der Waals surface area contributed by atoms with E-state index in [2.05, 4.69) is 9.88 Å². The van der Waals surface area contributed by atoms with Gasteiger partial charge in [-0.3, -0.25) is 14.7 Å². The first kappa shape index (κ1) is 28.4. The minimum Gasteiger partial charge on any atom is -0.379 e. The molecule has 2 aromatic heterocycles. The molecule has 1 amide bonds. The van der Waals surface area contributed by atoms with Gasteiger partial charge in [0.25, 0.3) is 0 Å². The zero-order valence-electron chi connectivity index (χ0n) is 22.6. The highest BCUT2D eigenvalue weighted by atomic mass is 32.2. The van der Waals surface area contributed by atoms with Crippen LogP contribution in [0.2, 0.25) is 0 Å². The number of nitrogens with zero attached hydrogens (tertiary/aromatic N) is 4. The van der Waals surface area contributed by atoms with Crippen LogP contribution >= 0.6 is 11.3 Å². The zero-order chi connectivity index (χ0) is 28.0. The first-order valence-electron chi connectivity index (χ1n) is 13.4. The molecule has 0 aliphatic carbocycles. The van der Waals surface area contributed by atoms with Crippen molar-refractivity contribution < 1.29 is 17.9 Å². The van der Waals surface area contributed by atoms with Crippen LogP contribution < -0.4 is 0 Å². The van der Waals surface area contributed by atoms with Gasteiger partial charge in [-0.05, 0) is 36.8 Å². The second-order valence-corrected chi connectivity index (χ2v) is 13.2. The van der Waals surface area contributed by atoms with Crippen molar-refractivity contribution >= 4 is 38.2 Å². The zero-order valence-corrected chi connectivity index (χ0v) is 24.2. The Morgan fingerprint density at radius 1 is 0.975 bits per heavy atom. The Kier molecular flexibility index (Phi) is 9.23. The van der Waals surface area contributed by atoms with Gasteiger partial charge in [-0.1, -0.05) is 48.5 Å². The lowest BCUT2D eigenvalue weighted by Gasteiger charge is -2.31. The van der Waals surface area contributed by atoms with E-state index in [4.69, 9.17) is 4.74 Å². The highest BCUT2D eigenvalue weighted by molar-refractivity contribution is 7.89. The van der Waals surface area contributed by atoms with Crippen LogP contribution in [0.1, 0.15) is 15.3 Å². The number of benzene rings is 2. The number of ether oxygens (including phenoxy) is 1. The summed E-state index contributed by atoms with van der Waals surface area (Å²) in [7, 11) is -4.03. The Labute approximate surface area is 239 Å². The lowest BCUT2D eigenvalue weighted by Crippen LogP contribution is -2.47. The molecule has 2 aromatic carbocycles. The Hall–Kier alpha value is -3.15. The summed E-state index contributed by atoms with van der Waals surface area (Å²) in [4.78, 5) is 24.6. The maximum Gasteiger partial charge on any atom is 0.245 e. The third-order valence-corrected chi connectivity index (χ3v) is 9.87. The molecule has 0 spiro atoms. The molecule has 40 heavy (non-hydrogen) atoms. The van der Waals surface area contributed by atoms with Crippen molar-refractivity contribution in [3.8, 4) is 0 Å². The average Bonchev–Trinajstić information content (AvgIpc) is 3.39. The topological polar surface area (TPSA) is 83.1 Å². The van der Waals surface area contributed by atoms with Crippen molar-refractivity contribution in [1.82, 2.24) is 19.1 Å². The van der Waals surface area contributed by atoms with Crippen LogP contribution in [0.5, 0.6) is 0 Å². The van der Waals surface area contributed by atoms with Crippen LogP contribution in [0, 0.1) is 6.92 Å². The summed E-state index contributed by atoms with van der Waals surface area (Å²) in [5.74, 6) is -0.242. The number of hydrogen-bond donors (Lipinski definition) is 0. The van der Waals surface area contributed by atoms with Crippen LogP contribution in [-0.4, -0.2) is 79.4 Å². The Morgan fingerprint density at radius 3 is 2.50 bits per heavy atom. The number of carbonyl (C=O) groups excluding carboxylic acids is 1. The molecule has 0 unspecified atom stereocenters. The number of carbonyl (C=O) groups is 1. The van der Waals surface area contributed by atoms with E-state index in [1.54, 1.807) is 40.6 Å². The lowest BCUT2D eigenvalue weighted by atomic mass is 10.2. The third-order valence-electron chi connectivity index (χ3n) is 7.01. The molecule has 0 saturated carbocycles. The standard InChI is InChI=1S/C30H34N4O4S2/c1-24-12-13-27(39-24)22-33(21-25-7-3-2-4-8-25)29(35)23-34(16-15-32-17-19-38-20-18-32)40(36,37)28-11-5-9-26-10-6-14-31-30(26)28/h2-14H,15-23H2,1H3. The van der Waals surface area contributed by atoms with E-state index in [0.29, 0.717) is 38.4 Å². The maximum atomic E-state index is 14.2. The number of aromatic nitrogens is 1. The van der Waals surface area contributed by atoms with Gasteiger partial charge in [-0.25, -0.2) is 8.42 Å². The second-order valence-electron chi connectivity index (χ2n) is 9.87. The summed E-state index contributed by atoms with van der Waals surface area (Å²) in [6.45, 7) is 5.98. The number of pyridine rings is 1. The number of thiophene rings is 1. The van der Waals surface area contributed by atoms with E-state index >= 15 is 0 Å². The van der Waals surface area contributed by atoms with Gasteiger partial charge in [0.2, 0.25) is 15.9 Å². The van der Waals surface area contributed by atoms with Crippen molar-refractivity contribution in [2.75, 3.05) is 45.9 Å². The largest absolute Gasteiger partial charge is 0.379 e. The molecule has 3 heterocycles. The molecule has 1 aliphatic heterocycles. The lowest BCUT2D eigenvalue weighted by molar-refractivity contribution is -0.132. The summed E-state index contributed by atoms with van der Waals surface area (Å²) < 4.78 is 35.1. The fourth-order valence-corrected chi connectivity index (χ4v) is 7.28. The third kappa shape index (κ3) is 6.94. The van der Waals surface area contributed by atoms with Crippen molar-refractivity contribution in [2.45, 2.75) is 24.9 Å². The number of sulfonamides is 1. The quantitative estimate of drug-likeness (QED) is 0.266. The first-order valence-corrected chi connectivity index (χ1v) is 15.7. The summed E-state index contributed by atoms with van der Waals surface area (Å²) >= 11 is 1.64. The molecule has 10 heteroatoms. The maximum absolute atomic E-state index is 14.2. The molecule has 0 atom stereocenters. The van der Waals surface area contributed by atoms with Gasteiger partial charge >= 0.3 is 0 Å². The molecule has 0 radical (unpaired) electrons. The van der Waals surface area contributed by atoms with Gasteiger partial charge in [0.1, 0.15) is 4.90 Å². The van der Waals surface area contributed by atoms with Crippen molar-refractivity contribution in [2.24, 2.45) is 0 Å². The molecular formula is C30H34N4O4S2. The number of para-hydroxylation sites is 1. The van der Waals surface area contributed by atoms with Gasteiger partial charge in [-0.15, -0.1) is 11.3 Å². The predicted molar refractivity (Wildman–Crippen MR) is 158 cm³/mol. The fraction of sp³-hybridized carbons (Fsp3) is 0.333. The van der Waals surface area contributed by atoms with Crippen molar-refractivity contribution in [1.29, 1.82) is 0 Å². The molecule has 210 valence electrons. The van der Waals surface area contributed by atoms with E-state index < -0.39 is 10.0 Å². The van der Waals surface area contributed by atoms with E-state index in [1.165, 1.54) is 9.18 Å². The van der Waals surface area contributed by atoms with Gasteiger partial charge < -0.3 is 9.64 Å². The van der Waals surface area contributed by atoms with Gasteiger partial charge in [0.15, 0.2) is 0 Å². The molecule has 1 saturated heterocycles. The Bertz CT molecular complexity index is 1530. The van der Waals surface area contributed by atoms with Crippen molar-refractivity contribution in [3.05, 3.63) is 94.3 Å². The highest BCUT2D eigenvalue weighted by Gasteiger charge is 2.31. The first-order chi connectivity index (χ1) is 19.4. The molecule has 1 aliphatic rings. The molecule has 0 bridgehead atoms. The smallest absolute Gasteiger partial charge is 0.245 e. The number of fused-ring (bicyclic) bond motifs is 1. The van der Waals surface area contributed by atoms with Gasteiger partial charge in [0.05, 0.1) is 31.8 Å². The van der Waals surface area contributed by atoms with Gasteiger partial charge in [0, 0.05) is 54.1 Å². The molecule has 8 nitrogen and oxygen atoms in total. The van der Waals surface area contributed by atoms with Crippen molar-refractivity contribution in [3.63, 3.8) is 0 Å². The Morgan fingerprint density at radius 2 is 1.75 bits per heavy atom. The molecule has 4 aromatic rings. The van der Waals surface area contributed by atoms with E-state index in [9.17, 15) is 13.2 Å². The predicted octanol–water partition coefficient (Wildman–Crippen LogP) is 4.16. The molecule has 0 N–H and O–H groups in total. The van der Waals surface area contributed by atoms with Crippen LogP contribution in [-0.2, 0) is 32.6 Å². The van der Waals surface area contributed by atoms with Crippen LogP contribution in [0.4, 0.5) is 0 Å². The molecule has 1 fully saturated rings. The van der Waals surface area contributed by atoms with Gasteiger partial charge in [-0.2, -0.15) is 4.31 Å². The van der Waals surface area contributed by atoms with E-state index in [0.717, 1.165) is 28.9 Å². The number of amides is 1. The minimum atomic E-state index is -4.03. The van der Waals surface area contributed by atoms with E-state index in [-0.39, 0.29) is 23.9 Å². The van der Waals surface area contributed by atoms with E-state index in [1.807, 2.05) is 61.5 Å². The summed E-state index contributed by atoms with van der Waals surface area (Å²) in [5, 5.41) is 0.738. The number of morpholine rings is 1. The molecule has 5 rings (SSSR count). The monoisotopic (exact) mass is 578 g/mol. The van der Waals surface area contributed by atoms with Crippen LogP contribution in [0.3, 0.4) is 0 Å². The normalized spacial score (nSPS) is 14.6. The minimum absolute atomic E-state index is 0.115. The fourth-order valence-electron chi connectivity index (χ4n) is 4.83. The SMILES string of the molecule is Cc1ccc(CN(Cc2ccccc2)C(=O)CN(CCN2CCOCC2)S(=O)(=O)c2cccc3cccnc23)s1. The van der Waals surface area contributed by atoms with Crippen LogP contribution in [0.25, 0.3) is 10.9 Å². The average molecular weight is 579 g/mol. The van der Waals surface area contributed by atoms with Crippen LogP contribution in [0.15, 0.2) is 83.9 Å². The highest BCUT2D eigenvalue weighted by Crippen LogP contribution is 2.25. The summed E-state index contributed by atoms with van der Waals surface area (Å²) in [6.07, 6.45) is 1.59. The second kappa shape index (κ2) is 13.0. The Balaban J connectivity index is 1.44.